The Morgan fingerprint density at radius 3 is 2.84 bits per heavy atom. The molecule has 0 amide bonds. The van der Waals surface area contributed by atoms with Crippen molar-refractivity contribution in [3.05, 3.63) is 11.7 Å². The highest BCUT2D eigenvalue weighted by Crippen LogP contribution is 2.36. The van der Waals surface area contributed by atoms with Crippen molar-refractivity contribution in [1.82, 2.24) is 10.1 Å². The molecule has 0 aromatic carbocycles. The van der Waals surface area contributed by atoms with E-state index >= 15 is 0 Å². The summed E-state index contributed by atoms with van der Waals surface area (Å²) in [5, 5.41) is 4.13. The summed E-state index contributed by atoms with van der Waals surface area (Å²) in [6, 6.07) is 0. The predicted molar refractivity (Wildman–Crippen MR) is 75.6 cm³/mol. The van der Waals surface area contributed by atoms with Crippen LogP contribution in [0.2, 0.25) is 0 Å². The smallest absolute Gasteiger partial charge is 0.226 e. The molecule has 2 rings (SSSR count). The van der Waals surface area contributed by atoms with Crippen molar-refractivity contribution in [2.75, 3.05) is 0 Å². The molecular formula is C15H27N3O. The highest BCUT2D eigenvalue weighted by Gasteiger charge is 2.35. The Balaban J connectivity index is 2.04. The van der Waals surface area contributed by atoms with Crippen LogP contribution in [0.4, 0.5) is 0 Å². The third kappa shape index (κ3) is 3.56. The van der Waals surface area contributed by atoms with E-state index in [1.54, 1.807) is 0 Å². The molecule has 2 unspecified atom stereocenters. The van der Waals surface area contributed by atoms with Gasteiger partial charge in [0.15, 0.2) is 5.82 Å². The zero-order valence-corrected chi connectivity index (χ0v) is 12.3. The van der Waals surface area contributed by atoms with Gasteiger partial charge < -0.3 is 10.3 Å². The maximum atomic E-state index is 6.56. The van der Waals surface area contributed by atoms with E-state index in [0.717, 1.165) is 43.3 Å². The Bertz CT molecular complexity index is 390. The maximum absolute atomic E-state index is 6.56. The van der Waals surface area contributed by atoms with Gasteiger partial charge in [-0.15, -0.1) is 0 Å². The number of nitrogens with zero attached hydrogens (tertiary/aromatic N) is 2. The van der Waals surface area contributed by atoms with Crippen LogP contribution in [0.5, 0.6) is 0 Å². The van der Waals surface area contributed by atoms with E-state index in [-0.39, 0.29) is 5.54 Å². The van der Waals surface area contributed by atoms with Gasteiger partial charge >= 0.3 is 0 Å². The second-order valence-corrected chi connectivity index (χ2v) is 6.00. The maximum Gasteiger partial charge on any atom is 0.226 e. The van der Waals surface area contributed by atoms with Crippen LogP contribution in [0.3, 0.4) is 0 Å². The molecule has 2 N–H and O–H groups in total. The first-order valence-electron chi connectivity index (χ1n) is 7.80. The molecule has 1 saturated carbocycles. The third-order valence-corrected chi connectivity index (χ3v) is 4.31. The second kappa shape index (κ2) is 6.51. The largest absolute Gasteiger partial charge is 0.339 e. The Kier molecular flexibility index (Phi) is 4.97. The molecule has 0 aliphatic heterocycles. The van der Waals surface area contributed by atoms with Gasteiger partial charge in [-0.05, 0) is 31.6 Å². The van der Waals surface area contributed by atoms with Crippen LogP contribution in [0, 0.1) is 5.92 Å². The molecule has 1 aromatic heterocycles. The molecular weight excluding hydrogens is 238 g/mol. The molecule has 4 nitrogen and oxygen atoms in total. The molecule has 1 heterocycles. The number of rotatable bonds is 5. The van der Waals surface area contributed by atoms with Crippen LogP contribution in [0.1, 0.15) is 76.9 Å². The van der Waals surface area contributed by atoms with Gasteiger partial charge in [-0.25, -0.2) is 0 Å². The van der Waals surface area contributed by atoms with Crippen molar-refractivity contribution < 1.29 is 4.52 Å². The van der Waals surface area contributed by atoms with E-state index < -0.39 is 0 Å². The summed E-state index contributed by atoms with van der Waals surface area (Å²) >= 11 is 0. The SMILES string of the molecule is CCCc1nc(C2(N)CCCC(CCC)CC2)no1. The van der Waals surface area contributed by atoms with Crippen molar-refractivity contribution in [1.29, 1.82) is 0 Å². The molecule has 1 aliphatic carbocycles. The minimum atomic E-state index is -0.363. The summed E-state index contributed by atoms with van der Waals surface area (Å²) in [7, 11) is 0. The molecule has 4 heteroatoms. The molecule has 1 aliphatic rings. The average molecular weight is 265 g/mol. The van der Waals surface area contributed by atoms with Crippen LogP contribution in [0.25, 0.3) is 0 Å². The lowest BCUT2D eigenvalue weighted by molar-refractivity contribution is 0.318. The molecule has 108 valence electrons. The Morgan fingerprint density at radius 2 is 2.11 bits per heavy atom. The Hall–Kier alpha value is -0.900. The van der Waals surface area contributed by atoms with Crippen molar-refractivity contribution in [3.63, 3.8) is 0 Å². The monoisotopic (exact) mass is 265 g/mol. The minimum absolute atomic E-state index is 0.363. The van der Waals surface area contributed by atoms with E-state index in [0.29, 0.717) is 0 Å². The van der Waals surface area contributed by atoms with Gasteiger partial charge in [0, 0.05) is 6.42 Å². The summed E-state index contributed by atoms with van der Waals surface area (Å²) < 4.78 is 5.30. The number of hydrogen-bond donors (Lipinski definition) is 1. The van der Waals surface area contributed by atoms with Crippen molar-refractivity contribution in [2.24, 2.45) is 11.7 Å². The summed E-state index contributed by atoms with van der Waals surface area (Å²) in [5.41, 5.74) is 6.20. The number of hydrogen-bond acceptors (Lipinski definition) is 4. The highest BCUT2D eigenvalue weighted by molar-refractivity contribution is 5.05. The van der Waals surface area contributed by atoms with Gasteiger partial charge in [-0.2, -0.15) is 4.98 Å². The number of nitrogens with two attached hydrogens (primary N) is 1. The van der Waals surface area contributed by atoms with E-state index in [2.05, 4.69) is 24.0 Å². The first-order valence-corrected chi connectivity index (χ1v) is 7.80. The Labute approximate surface area is 116 Å². The second-order valence-electron chi connectivity index (χ2n) is 6.00. The van der Waals surface area contributed by atoms with Crippen molar-refractivity contribution in [2.45, 2.75) is 77.2 Å². The van der Waals surface area contributed by atoms with Gasteiger partial charge in [0.1, 0.15) is 0 Å². The molecule has 0 saturated heterocycles. The Morgan fingerprint density at radius 1 is 1.26 bits per heavy atom. The normalized spacial score (nSPS) is 28.3. The average Bonchev–Trinajstić information content (AvgIpc) is 2.78. The quantitative estimate of drug-likeness (QED) is 0.827. The first-order chi connectivity index (χ1) is 9.18. The number of aryl methyl sites for hydroxylation is 1. The molecule has 0 radical (unpaired) electrons. The third-order valence-electron chi connectivity index (χ3n) is 4.31. The van der Waals surface area contributed by atoms with E-state index in [4.69, 9.17) is 10.3 Å². The van der Waals surface area contributed by atoms with Crippen LogP contribution in [0.15, 0.2) is 4.52 Å². The van der Waals surface area contributed by atoms with Crippen LogP contribution < -0.4 is 5.73 Å². The van der Waals surface area contributed by atoms with Gasteiger partial charge in [0.25, 0.3) is 0 Å². The zero-order chi connectivity index (χ0) is 13.7. The molecule has 19 heavy (non-hydrogen) atoms. The summed E-state index contributed by atoms with van der Waals surface area (Å²) in [4.78, 5) is 4.51. The van der Waals surface area contributed by atoms with E-state index in [1.165, 1.54) is 32.1 Å². The lowest BCUT2D eigenvalue weighted by atomic mass is 9.89. The lowest BCUT2D eigenvalue weighted by Crippen LogP contribution is -2.37. The summed E-state index contributed by atoms with van der Waals surface area (Å²) in [5.74, 6) is 2.29. The van der Waals surface area contributed by atoms with Crippen LogP contribution in [-0.2, 0) is 12.0 Å². The molecule has 1 fully saturated rings. The lowest BCUT2D eigenvalue weighted by Gasteiger charge is -2.24. The fourth-order valence-electron chi connectivity index (χ4n) is 3.13. The first kappa shape index (κ1) is 14.5. The fourth-order valence-corrected chi connectivity index (χ4v) is 3.13. The molecule has 2 atom stereocenters. The van der Waals surface area contributed by atoms with E-state index in [1.807, 2.05) is 0 Å². The van der Waals surface area contributed by atoms with Gasteiger partial charge in [-0.3, -0.25) is 0 Å². The van der Waals surface area contributed by atoms with Gasteiger partial charge in [-0.1, -0.05) is 44.7 Å². The predicted octanol–water partition coefficient (Wildman–Crippen LogP) is 3.56. The standard InChI is InChI=1S/C15H27N3O/c1-3-6-12-8-5-10-15(16,11-9-12)14-17-13(7-4-2)19-18-14/h12H,3-11,16H2,1-2H3. The highest BCUT2D eigenvalue weighted by atomic mass is 16.5. The van der Waals surface area contributed by atoms with Crippen LogP contribution >= 0.6 is 0 Å². The topological polar surface area (TPSA) is 64.9 Å². The van der Waals surface area contributed by atoms with Gasteiger partial charge in [0.05, 0.1) is 5.54 Å². The molecule has 0 spiro atoms. The minimum Gasteiger partial charge on any atom is -0.339 e. The summed E-state index contributed by atoms with van der Waals surface area (Å²) in [6.07, 6.45) is 10.1. The van der Waals surface area contributed by atoms with Gasteiger partial charge in [0.2, 0.25) is 5.89 Å². The fraction of sp³-hybridized carbons (Fsp3) is 0.867. The van der Waals surface area contributed by atoms with Crippen molar-refractivity contribution >= 4 is 0 Å². The number of aromatic nitrogens is 2. The summed E-state index contributed by atoms with van der Waals surface area (Å²) in [6.45, 7) is 4.37. The zero-order valence-electron chi connectivity index (χ0n) is 12.3. The van der Waals surface area contributed by atoms with E-state index in [9.17, 15) is 0 Å². The molecule has 1 aromatic rings. The van der Waals surface area contributed by atoms with Crippen LogP contribution in [-0.4, -0.2) is 10.1 Å². The molecule has 0 bridgehead atoms. The van der Waals surface area contributed by atoms with Crippen molar-refractivity contribution in [3.8, 4) is 0 Å².